The number of fused-ring (bicyclic) bond motifs is 1. The summed E-state index contributed by atoms with van der Waals surface area (Å²) in [5, 5.41) is 9.63. The summed E-state index contributed by atoms with van der Waals surface area (Å²) in [6, 6.07) is 17.2. The highest BCUT2D eigenvalue weighted by atomic mass is 16.1. The number of benzene rings is 2. The molecule has 0 aliphatic rings. The van der Waals surface area contributed by atoms with Gasteiger partial charge in [0.1, 0.15) is 13.1 Å². The molecule has 0 aliphatic carbocycles. The van der Waals surface area contributed by atoms with Crippen LogP contribution in [0.4, 0.5) is 0 Å². The van der Waals surface area contributed by atoms with E-state index in [2.05, 4.69) is 23.0 Å². The number of aromatic amines is 1. The number of aromatic nitrogens is 2. The number of hydrogen-bond acceptors (Lipinski definition) is 3. The summed E-state index contributed by atoms with van der Waals surface area (Å²) < 4.78 is 0. The van der Waals surface area contributed by atoms with Crippen molar-refractivity contribution in [2.75, 3.05) is 6.54 Å². The summed E-state index contributed by atoms with van der Waals surface area (Å²) in [7, 11) is 0. The lowest BCUT2D eigenvalue weighted by atomic mass is 10.1. The zero-order valence-electron chi connectivity index (χ0n) is 13.5. The van der Waals surface area contributed by atoms with Crippen LogP contribution in [0.3, 0.4) is 0 Å². The molecular formula is C19H19N4O+. The van der Waals surface area contributed by atoms with Crippen molar-refractivity contribution in [3.63, 3.8) is 0 Å². The molecule has 5 nitrogen and oxygen atoms in total. The van der Waals surface area contributed by atoms with Gasteiger partial charge in [-0.15, -0.1) is 0 Å². The smallest absolute Gasteiger partial charge is 0.258 e. The lowest BCUT2D eigenvalue weighted by molar-refractivity contribution is -0.926. The fourth-order valence-electron chi connectivity index (χ4n) is 2.81. The minimum Gasteiger partial charge on any atom is -0.325 e. The van der Waals surface area contributed by atoms with E-state index in [4.69, 9.17) is 5.26 Å². The van der Waals surface area contributed by atoms with Crippen molar-refractivity contribution < 1.29 is 4.90 Å². The minimum absolute atomic E-state index is 0.0995. The first-order chi connectivity index (χ1) is 11.7. The highest BCUT2D eigenvalue weighted by molar-refractivity contribution is 5.77. The molecule has 2 aromatic carbocycles. The van der Waals surface area contributed by atoms with Crippen LogP contribution in [0.1, 0.15) is 23.9 Å². The van der Waals surface area contributed by atoms with Gasteiger partial charge in [-0.2, -0.15) is 5.26 Å². The van der Waals surface area contributed by atoms with E-state index >= 15 is 0 Å². The van der Waals surface area contributed by atoms with E-state index in [0.717, 1.165) is 24.2 Å². The molecule has 5 heteroatoms. The van der Waals surface area contributed by atoms with Crippen molar-refractivity contribution in [3.8, 4) is 6.07 Å². The molecule has 2 N–H and O–H groups in total. The standard InChI is InChI=1S/C19H18N4O/c1-2-23(12-15-7-5-6-14(10-15)11-20)13-18-21-17-9-4-3-8-16(17)19(24)22-18/h3-10H,2,12-13H2,1H3,(H,21,22,24)/p+1. The van der Waals surface area contributed by atoms with Crippen molar-refractivity contribution in [1.29, 1.82) is 5.26 Å². The molecule has 3 rings (SSSR count). The zero-order chi connectivity index (χ0) is 16.9. The van der Waals surface area contributed by atoms with Crippen LogP contribution < -0.4 is 10.5 Å². The molecule has 0 saturated heterocycles. The Morgan fingerprint density at radius 3 is 2.79 bits per heavy atom. The van der Waals surface area contributed by atoms with Crippen molar-refractivity contribution in [1.82, 2.24) is 9.97 Å². The molecule has 0 aliphatic heterocycles. The van der Waals surface area contributed by atoms with Gasteiger partial charge in [-0.05, 0) is 31.2 Å². The number of nitrogens with zero attached hydrogens (tertiary/aromatic N) is 2. The van der Waals surface area contributed by atoms with Crippen LogP contribution in [-0.4, -0.2) is 16.5 Å². The maximum Gasteiger partial charge on any atom is 0.258 e. The maximum atomic E-state index is 12.2. The van der Waals surface area contributed by atoms with E-state index in [1.165, 1.54) is 4.90 Å². The summed E-state index contributed by atoms with van der Waals surface area (Å²) in [6.45, 7) is 4.41. The average molecular weight is 319 g/mol. The molecule has 24 heavy (non-hydrogen) atoms. The number of para-hydroxylation sites is 1. The molecular weight excluding hydrogens is 300 g/mol. The third kappa shape index (κ3) is 3.50. The fourth-order valence-corrected chi connectivity index (χ4v) is 2.81. The van der Waals surface area contributed by atoms with E-state index in [1.54, 1.807) is 12.1 Å². The quantitative estimate of drug-likeness (QED) is 0.746. The Morgan fingerprint density at radius 2 is 2.00 bits per heavy atom. The van der Waals surface area contributed by atoms with Crippen LogP contribution >= 0.6 is 0 Å². The SMILES string of the molecule is CC[NH+](Cc1cccc(C#N)c1)Cc1nc2ccccc2c(=O)[nH]1. The molecule has 0 radical (unpaired) electrons. The second-order valence-electron chi connectivity index (χ2n) is 5.80. The van der Waals surface area contributed by atoms with Gasteiger partial charge in [0.05, 0.1) is 29.1 Å². The molecule has 0 bridgehead atoms. The van der Waals surface area contributed by atoms with Gasteiger partial charge in [-0.25, -0.2) is 4.98 Å². The topological polar surface area (TPSA) is 74.0 Å². The number of hydrogen-bond donors (Lipinski definition) is 2. The van der Waals surface area contributed by atoms with Crippen molar-refractivity contribution >= 4 is 10.9 Å². The molecule has 0 spiro atoms. The molecule has 1 heterocycles. The Labute approximate surface area is 140 Å². The van der Waals surface area contributed by atoms with Gasteiger partial charge in [0, 0.05) is 5.56 Å². The maximum absolute atomic E-state index is 12.2. The molecule has 1 aromatic heterocycles. The molecule has 0 fully saturated rings. The molecule has 120 valence electrons. The Balaban J connectivity index is 1.82. The van der Waals surface area contributed by atoms with Crippen molar-refractivity contribution in [2.45, 2.75) is 20.0 Å². The first-order valence-corrected chi connectivity index (χ1v) is 8.00. The molecule has 0 amide bonds. The van der Waals surface area contributed by atoms with E-state index in [-0.39, 0.29) is 5.56 Å². The van der Waals surface area contributed by atoms with E-state index in [1.807, 2.05) is 36.4 Å². The second-order valence-corrected chi connectivity index (χ2v) is 5.80. The van der Waals surface area contributed by atoms with Gasteiger partial charge in [-0.1, -0.05) is 24.3 Å². The van der Waals surface area contributed by atoms with Crippen LogP contribution in [-0.2, 0) is 13.1 Å². The van der Waals surface area contributed by atoms with Crippen LogP contribution in [0.25, 0.3) is 10.9 Å². The first-order valence-electron chi connectivity index (χ1n) is 8.00. The highest BCUT2D eigenvalue weighted by Gasteiger charge is 2.12. The summed E-state index contributed by atoms with van der Waals surface area (Å²) >= 11 is 0. The number of nitrogens with one attached hydrogen (secondary N) is 2. The van der Waals surface area contributed by atoms with Gasteiger partial charge >= 0.3 is 0 Å². The third-order valence-corrected chi connectivity index (χ3v) is 4.09. The molecule has 1 atom stereocenters. The lowest BCUT2D eigenvalue weighted by Gasteiger charge is -2.17. The van der Waals surface area contributed by atoms with Gasteiger partial charge in [0.25, 0.3) is 5.56 Å². The Morgan fingerprint density at radius 1 is 1.17 bits per heavy atom. The normalized spacial score (nSPS) is 12.0. The molecule has 3 aromatic rings. The first kappa shape index (κ1) is 15.9. The van der Waals surface area contributed by atoms with E-state index < -0.39 is 0 Å². The Kier molecular flexibility index (Phi) is 4.69. The van der Waals surface area contributed by atoms with Gasteiger partial charge in [0.15, 0.2) is 5.82 Å². The van der Waals surface area contributed by atoms with Crippen LogP contribution in [0, 0.1) is 11.3 Å². The number of nitriles is 1. The van der Waals surface area contributed by atoms with Crippen LogP contribution in [0.15, 0.2) is 53.3 Å². The zero-order valence-corrected chi connectivity index (χ0v) is 13.5. The van der Waals surface area contributed by atoms with Crippen molar-refractivity contribution in [2.24, 2.45) is 0 Å². The lowest BCUT2D eigenvalue weighted by Crippen LogP contribution is -3.09. The van der Waals surface area contributed by atoms with E-state index in [9.17, 15) is 4.79 Å². The fraction of sp³-hybridized carbons (Fsp3) is 0.211. The number of quaternary nitrogens is 1. The van der Waals surface area contributed by atoms with Gasteiger partial charge in [0.2, 0.25) is 0 Å². The number of H-pyrrole nitrogens is 1. The molecule has 0 saturated carbocycles. The predicted molar refractivity (Wildman–Crippen MR) is 92.4 cm³/mol. The third-order valence-electron chi connectivity index (χ3n) is 4.09. The monoisotopic (exact) mass is 319 g/mol. The average Bonchev–Trinajstić information content (AvgIpc) is 2.61. The summed E-state index contributed by atoms with van der Waals surface area (Å²) in [5.74, 6) is 0.687. The summed E-state index contributed by atoms with van der Waals surface area (Å²) in [6.07, 6.45) is 0. The van der Waals surface area contributed by atoms with Crippen LogP contribution in [0.5, 0.6) is 0 Å². The van der Waals surface area contributed by atoms with E-state index in [0.29, 0.717) is 23.3 Å². The Hall–Kier alpha value is -2.97. The summed E-state index contributed by atoms with van der Waals surface area (Å²) in [5.41, 5.74) is 2.39. The minimum atomic E-state index is -0.0995. The van der Waals surface area contributed by atoms with Crippen LogP contribution in [0.2, 0.25) is 0 Å². The van der Waals surface area contributed by atoms with Gasteiger partial charge in [-0.3, -0.25) is 4.79 Å². The predicted octanol–water partition coefficient (Wildman–Crippen LogP) is 1.40. The highest BCUT2D eigenvalue weighted by Crippen LogP contribution is 2.05. The largest absolute Gasteiger partial charge is 0.325 e. The number of rotatable bonds is 5. The summed E-state index contributed by atoms with van der Waals surface area (Å²) in [4.78, 5) is 20.9. The molecule has 1 unspecified atom stereocenters. The van der Waals surface area contributed by atoms with Crippen molar-refractivity contribution in [3.05, 3.63) is 75.8 Å². The van der Waals surface area contributed by atoms with Gasteiger partial charge < -0.3 is 9.88 Å². The Bertz CT molecular complexity index is 955. The second kappa shape index (κ2) is 7.07.